The fourth-order valence-electron chi connectivity index (χ4n) is 1.02. The largest absolute Gasteiger partial charge is 0.304 e. The summed E-state index contributed by atoms with van der Waals surface area (Å²) in [5.74, 6) is 0.392. The van der Waals surface area contributed by atoms with Crippen molar-refractivity contribution in [2.24, 2.45) is 0 Å². The lowest BCUT2D eigenvalue weighted by Crippen LogP contribution is -2.08. The van der Waals surface area contributed by atoms with Crippen LogP contribution in [0.2, 0.25) is 0 Å². The van der Waals surface area contributed by atoms with Crippen molar-refractivity contribution in [1.82, 2.24) is 14.8 Å². The van der Waals surface area contributed by atoms with Crippen LogP contribution in [0, 0.1) is 4.77 Å². The van der Waals surface area contributed by atoms with Crippen LogP contribution in [0.4, 0.5) is 0 Å². The zero-order valence-electron chi connectivity index (χ0n) is 7.44. The summed E-state index contributed by atoms with van der Waals surface area (Å²) in [6.45, 7) is 2.51. The first kappa shape index (κ1) is 10.4. The molecule has 0 bridgehead atoms. The van der Waals surface area contributed by atoms with E-state index in [0.717, 1.165) is 0 Å². The van der Waals surface area contributed by atoms with Gasteiger partial charge in [-0.05, 0) is 19.1 Å². The van der Waals surface area contributed by atoms with E-state index in [-0.39, 0.29) is 5.75 Å². The predicted molar refractivity (Wildman–Crippen MR) is 51.6 cm³/mol. The number of aromatic nitrogens is 3. The molecule has 0 amide bonds. The fourth-order valence-corrected chi connectivity index (χ4v) is 1.99. The van der Waals surface area contributed by atoms with Crippen molar-refractivity contribution in [2.75, 3.05) is 6.26 Å². The molecule has 0 saturated carbocycles. The first-order valence-corrected chi connectivity index (χ1v) is 6.22. The minimum absolute atomic E-state index is 0.0754. The molecule has 1 aromatic rings. The number of aromatic amines is 1. The summed E-state index contributed by atoms with van der Waals surface area (Å²) in [5, 5.41) is 6.40. The molecule has 0 atom stereocenters. The van der Waals surface area contributed by atoms with E-state index in [4.69, 9.17) is 12.2 Å². The molecular formula is C6H11N3O2S2. The Bertz CT molecular complexity index is 443. The van der Waals surface area contributed by atoms with E-state index in [1.54, 1.807) is 4.57 Å². The van der Waals surface area contributed by atoms with Crippen LogP contribution >= 0.6 is 12.2 Å². The van der Waals surface area contributed by atoms with Crippen molar-refractivity contribution in [3.63, 3.8) is 0 Å². The molecule has 1 heterocycles. The smallest absolute Gasteiger partial charge is 0.195 e. The highest BCUT2D eigenvalue weighted by atomic mass is 32.2. The van der Waals surface area contributed by atoms with Gasteiger partial charge in [0.2, 0.25) is 0 Å². The zero-order valence-corrected chi connectivity index (χ0v) is 9.07. The second-order valence-corrected chi connectivity index (χ2v) is 5.29. The van der Waals surface area contributed by atoms with E-state index >= 15 is 0 Å². The third kappa shape index (κ3) is 2.63. The fraction of sp³-hybridized carbons (Fsp3) is 0.667. The number of hydrogen-bond donors (Lipinski definition) is 1. The molecule has 0 saturated heterocycles. The number of H-pyrrole nitrogens is 1. The number of rotatable bonds is 3. The molecular weight excluding hydrogens is 210 g/mol. The third-order valence-corrected chi connectivity index (χ3v) is 2.64. The monoisotopic (exact) mass is 221 g/mol. The van der Waals surface area contributed by atoms with Gasteiger partial charge in [-0.15, -0.1) is 0 Å². The van der Waals surface area contributed by atoms with Crippen LogP contribution in [0.15, 0.2) is 0 Å². The topological polar surface area (TPSA) is 67.8 Å². The number of hydrogen-bond acceptors (Lipinski definition) is 4. The van der Waals surface area contributed by atoms with E-state index in [1.807, 2.05) is 6.92 Å². The van der Waals surface area contributed by atoms with E-state index in [9.17, 15) is 8.42 Å². The van der Waals surface area contributed by atoms with Gasteiger partial charge >= 0.3 is 0 Å². The maximum atomic E-state index is 11.0. The highest BCUT2D eigenvalue weighted by molar-refractivity contribution is 7.89. The first-order chi connectivity index (χ1) is 5.94. The van der Waals surface area contributed by atoms with Gasteiger partial charge in [-0.25, -0.2) is 8.42 Å². The lowest BCUT2D eigenvalue weighted by atomic mass is 10.6. The molecule has 1 rings (SSSR count). The van der Waals surface area contributed by atoms with E-state index in [0.29, 0.717) is 17.1 Å². The third-order valence-electron chi connectivity index (χ3n) is 1.54. The quantitative estimate of drug-likeness (QED) is 0.755. The Kier molecular flexibility index (Phi) is 2.87. The Morgan fingerprint density at radius 1 is 1.62 bits per heavy atom. The van der Waals surface area contributed by atoms with Crippen molar-refractivity contribution >= 4 is 22.1 Å². The second kappa shape index (κ2) is 3.59. The van der Waals surface area contributed by atoms with Crippen LogP contribution in [-0.2, 0) is 22.1 Å². The van der Waals surface area contributed by atoms with Gasteiger partial charge in [-0.3, -0.25) is 5.10 Å². The average Bonchev–Trinajstić information content (AvgIpc) is 2.28. The normalized spacial score (nSPS) is 11.8. The van der Waals surface area contributed by atoms with Crippen LogP contribution in [0.5, 0.6) is 0 Å². The molecule has 0 unspecified atom stereocenters. The van der Waals surface area contributed by atoms with E-state index in [1.165, 1.54) is 6.26 Å². The van der Waals surface area contributed by atoms with Crippen LogP contribution in [0.25, 0.3) is 0 Å². The minimum Gasteiger partial charge on any atom is -0.304 e. The number of sulfone groups is 1. The SMILES string of the molecule is CCn1c(CS(C)(=O)=O)n[nH]c1=S. The molecule has 0 aliphatic rings. The van der Waals surface area contributed by atoms with Crippen molar-refractivity contribution < 1.29 is 8.42 Å². The van der Waals surface area contributed by atoms with Gasteiger partial charge in [0.25, 0.3) is 0 Å². The summed E-state index contributed by atoms with van der Waals surface area (Å²) >= 11 is 4.91. The zero-order chi connectivity index (χ0) is 10.1. The number of nitrogens with zero attached hydrogens (tertiary/aromatic N) is 2. The highest BCUT2D eigenvalue weighted by Crippen LogP contribution is 2.02. The Balaban J connectivity index is 3.09. The summed E-state index contributed by atoms with van der Waals surface area (Å²) in [5.41, 5.74) is 0. The lowest BCUT2D eigenvalue weighted by molar-refractivity contribution is 0.596. The van der Waals surface area contributed by atoms with Crippen molar-refractivity contribution in [1.29, 1.82) is 0 Å². The second-order valence-electron chi connectivity index (χ2n) is 2.76. The van der Waals surface area contributed by atoms with Crippen LogP contribution in [0.3, 0.4) is 0 Å². The first-order valence-electron chi connectivity index (χ1n) is 3.76. The van der Waals surface area contributed by atoms with Gasteiger partial charge in [0.05, 0.1) is 0 Å². The Labute approximate surface area is 81.7 Å². The molecule has 1 aromatic heterocycles. The predicted octanol–water partition coefficient (Wildman–Crippen LogP) is 0.505. The lowest BCUT2D eigenvalue weighted by Gasteiger charge is -2.00. The molecule has 0 spiro atoms. The molecule has 0 radical (unpaired) electrons. The van der Waals surface area contributed by atoms with E-state index in [2.05, 4.69) is 10.2 Å². The standard InChI is InChI=1S/C6H11N3O2S2/c1-3-9-5(4-13(2,10)11)7-8-6(9)12/h3-4H2,1-2H3,(H,8,12). The van der Waals surface area contributed by atoms with Gasteiger partial charge in [0, 0.05) is 12.8 Å². The molecule has 0 aliphatic heterocycles. The highest BCUT2D eigenvalue weighted by Gasteiger charge is 2.10. The molecule has 1 N–H and O–H groups in total. The Morgan fingerprint density at radius 2 is 2.23 bits per heavy atom. The summed E-state index contributed by atoms with van der Waals surface area (Å²) in [6, 6.07) is 0. The Morgan fingerprint density at radius 3 is 2.69 bits per heavy atom. The summed E-state index contributed by atoms with van der Waals surface area (Å²) in [6.07, 6.45) is 1.17. The molecule has 74 valence electrons. The number of nitrogens with one attached hydrogen (secondary N) is 1. The van der Waals surface area contributed by atoms with Gasteiger partial charge in [-0.2, -0.15) is 5.10 Å². The van der Waals surface area contributed by atoms with Gasteiger partial charge in [0.15, 0.2) is 14.6 Å². The van der Waals surface area contributed by atoms with Crippen LogP contribution in [-0.4, -0.2) is 29.4 Å². The average molecular weight is 221 g/mol. The molecule has 13 heavy (non-hydrogen) atoms. The van der Waals surface area contributed by atoms with E-state index < -0.39 is 9.84 Å². The summed E-state index contributed by atoms with van der Waals surface area (Å²) < 4.78 is 24.1. The summed E-state index contributed by atoms with van der Waals surface area (Å²) in [7, 11) is -3.05. The van der Waals surface area contributed by atoms with Crippen molar-refractivity contribution in [2.45, 2.75) is 19.2 Å². The maximum Gasteiger partial charge on any atom is 0.195 e. The Hall–Kier alpha value is -0.690. The van der Waals surface area contributed by atoms with Crippen molar-refractivity contribution in [3.8, 4) is 0 Å². The van der Waals surface area contributed by atoms with Crippen LogP contribution < -0.4 is 0 Å². The van der Waals surface area contributed by atoms with Crippen LogP contribution in [0.1, 0.15) is 12.7 Å². The minimum atomic E-state index is -3.05. The molecule has 0 aliphatic carbocycles. The molecule has 0 aromatic carbocycles. The van der Waals surface area contributed by atoms with Gasteiger partial charge in [-0.1, -0.05) is 0 Å². The molecule has 5 nitrogen and oxygen atoms in total. The molecule has 7 heteroatoms. The van der Waals surface area contributed by atoms with Gasteiger partial charge in [0.1, 0.15) is 11.6 Å². The van der Waals surface area contributed by atoms with Gasteiger partial charge < -0.3 is 4.57 Å². The maximum absolute atomic E-state index is 11.0. The summed E-state index contributed by atoms with van der Waals surface area (Å²) in [4.78, 5) is 0. The molecule has 0 fully saturated rings. The van der Waals surface area contributed by atoms with Crippen molar-refractivity contribution in [3.05, 3.63) is 10.6 Å².